The number of aromatic nitrogens is 4. The minimum Gasteiger partial charge on any atom is -0.326 e. The van der Waals surface area contributed by atoms with Crippen LogP contribution in [-0.4, -0.2) is 26.3 Å². The van der Waals surface area contributed by atoms with Crippen LogP contribution >= 0.6 is 11.3 Å². The topological polar surface area (TPSA) is 83.6 Å². The summed E-state index contributed by atoms with van der Waals surface area (Å²) in [4.78, 5) is 16.3. The van der Waals surface area contributed by atoms with Crippen molar-refractivity contribution in [1.29, 1.82) is 0 Å². The lowest BCUT2D eigenvalue weighted by atomic mass is 10.2. The maximum Gasteiger partial charge on any atom is 0.224 e. The molecule has 0 saturated carbocycles. The van der Waals surface area contributed by atoms with Gasteiger partial charge in [0.25, 0.3) is 0 Å². The normalized spacial score (nSPS) is 10.9. The highest BCUT2D eigenvalue weighted by Crippen LogP contribution is 2.15. The zero-order valence-electron chi connectivity index (χ0n) is 11.6. The van der Waals surface area contributed by atoms with Gasteiger partial charge >= 0.3 is 0 Å². The van der Waals surface area contributed by atoms with E-state index in [1.807, 2.05) is 24.4 Å². The van der Waals surface area contributed by atoms with E-state index in [0.29, 0.717) is 6.42 Å². The van der Waals surface area contributed by atoms with Gasteiger partial charge in [-0.1, -0.05) is 0 Å². The van der Waals surface area contributed by atoms with Crippen LogP contribution in [0.2, 0.25) is 0 Å². The molecule has 0 bridgehead atoms. The smallest absolute Gasteiger partial charge is 0.224 e. The van der Waals surface area contributed by atoms with Crippen molar-refractivity contribution in [3.63, 3.8) is 0 Å². The number of aromatic amines is 1. The molecule has 1 aromatic carbocycles. The molecule has 0 radical (unpaired) electrons. The molecule has 21 heavy (non-hydrogen) atoms. The number of H-pyrrole nitrogens is 1. The number of carbonyl (C=O) groups excluding carboxylic acids is 1. The van der Waals surface area contributed by atoms with Crippen LogP contribution in [0.3, 0.4) is 0 Å². The van der Waals surface area contributed by atoms with E-state index >= 15 is 0 Å². The monoisotopic (exact) mass is 301 g/mol. The fourth-order valence-electron chi connectivity index (χ4n) is 2.09. The van der Waals surface area contributed by atoms with E-state index in [1.54, 1.807) is 17.4 Å². The molecule has 3 rings (SSSR count). The number of amides is 1. The molecule has 0 saturated heterocycles. The number of nitrogens with zero attached hydrogens (tertiary/aromatic N) is 3. The van der Waals surface area contributed by atoms with Crippen LogP contribution in [0.4, 0.5) is 5.69 Å². The van der Waals surface area contributed by atoms with E-state index in [2.05, 4.69) is 25.7 Å². The first-order valence-electron chi connectivity index (χ1n) is 6.72. The van der Waals surface area contributed by atoms with Crippen LogP contribution in [0, 0.1) is 6.92 Å². The Bertz CT molecular complexity index is 763. The lowest BCUT2D eigenvalue weighted by Gasteiger charge is -2.04. The summed E-state index contributed by atoms with van der Waals surface area (Å²) >= 11 is 1.64. The van der Waals surface area contributed by atoms with Gasteiger partial charge in [0.05, 0.1) is 10.7 Å². The molecule has 3 aromatic rings. The van der Waals surface area contributed by atoms with Crippen LogP contribution in [0.1, 0.15) is 23.5 Å². The standard InChI is InChI=1S/C14H15N5OS/c1-9-15-11(8-21-9)3-2-4-14(20)16-10-5-6-12-13(7-10)18-19-17-12/h5-8H,2-4H2,1H3,(H,16,20)(H,17,18,19). The van der Waals surface area contributed by atoms with Crippen molar-refractivity contribution in [3.05, 3.63) is 34.3 Å². The van der Waals surface area contributed by atoms with Gasteiger partial charge < -0.3 is 5.32 Å². The van der Waals surface area contributed by atoms with E-state index in [9.17, 15) is 4.79 Å². The first kappa shape index (κ1) is 13.7. The summed E-state index contributed by atoms with van der Waals surface area (Å²) < 4.78 is 0. The highest BCUT2D eigenvalue weighted by atomic mass is 32.1. The summed E-state index contributed by atoms with van der Waals surface area (Å²) in [6, 6.07) is 5.46. The van der Waals surface area contributed by atoms with Gasteiger partial charge in [0, 0.05) is 17.5 Å². The van der Waals surface area contributed by atoms with Gasteiger partial charge in [-0.2, -0.15) is 15.4 Å². The summed E-state index contributed by atoms with van der Waals surface area (Å²) in [7, 11) is 0. The number of rotatable bonds is 5. The second-order valence-corrected chi connectivity index (χ2v) is 5.85. The maximum atomic E-state index is 11.9. The van der Waals surface area contributed by atoms with Gasteiger partial charge in [0.1, 0.15) is 11.0 Å². The van der Waals surface area contributed by atoms with Crippen molar-refractivity contribution in [2.24, 2.45) is 0 Å². The average Bonchev–Trinajstić information content (AvgIpc) is 3.07. The van der Waals surface area contributed by atoms with Gasteiger partial charge in [-0.3, -0.25) is 4.79 Å². The van der Waals surface area contributed by atoms with E-state index < -0.39 is 0 Å². The van der Waals surface area contributed by atoms with E-state index in [-0.39, 0.29) is 5.91 Å². The summed E-state index contributed by atoms with van der Waals surface area (Å²) in [5.41, 5.74) is 3.33. The summed E-state index contributed by atoms with van der Waals surface area (Å²) in [6.07, 6.45) is 2.11. The number of hydrogen-bond acceptors (Lipinski definition) is 5. The maximum absolute atomic E-state index is 11.9. The Kier molecular flexibility index (Phi) is 3.92. The molecule has 2 heterocycles. The zero-order valence-corrected chi connectivity index (χ0v) is 12.4. The van der Waals surface area contributed by atoms with Gasteiger partial charge in [-0.15, -0.1) is 11.3 Å². The van der Waals surface area contributed by atoms with Gasteiger partial charge in [-0.25, -0.2) is 4.98 Å². The molecule has 0 aliphatic carbocycles. The van der Waals surface area contributed by atoms with Crippen molar-refractivity contribution >= 4 is 34.0 Å². The Morgan fingerprint density at radius 3 is 3.00 bits per heavy atom. The molecule has 0 aliphatic heterocycles. The number of aryl methyl sites for hydroxylation is 2. The van der Waals surface area contributed by atoms with Crippen molar-refractivity contribution in [3.8, 4) is 0 Å². The second-order valence-electron chi connectivity index (χ2n) is 4.79. The Morgan fingerprint density at radius 1 is 1.33 bits per heavy atom. The van der Waals surface area contributed by atoms with Crippen LogP contribution in [0.5, 0.6) is 0 Å². The molecule has 2 aromatic heterocycles. The Morgan fingerprint density at radius 2 is 2.19 bits per heavy atom. The lowest BCUT2D eigenvalue weighted by molar-refractivity contribution is -0.116. The molecule has 0 unspecified atom stereocenters. The second kappa shape index (κ2) is 6.01. The van der Waals surface area contributed by atoms with Crippen LogP contribution < -0.4 is 5.32 Å². The predicted octanol–water partition coefficient (Wildman–Crippen LogP) is 2.68. The molecule has 0 spiro atoms. The minimum atomic E-state index is 0.00444. The molecule has 0 atom stereocenters. The largest absolute Gasteiger partial charge is 0.326 e. The first-order chi connectivity index (χ1) is 10.2. The number of carbonyl (C=O) groups is 1. The number of thiazole rings is 1. The third kappa shape index (κ3) is 3.43. The molecule has 7 heteroatoms. The molecular weight excluding hydrogens is 286 g/mol. The molecule has 0 fully saturated rings. The van der Waals surface area contributed by atoms with E-state index in [4.69, 9.17) is 0 Å². The van der Waals surface area contributed by atoms with Gasteiger partial charge in [-0.05, 0) is 38.0 Å². The van der Waals surface area contributed by atoms with Crippen molar-refractivity contribution in [1.82, 2.24) is 20.4 Å². The Hall–Kier alpha value is -2.28. The van der Waals surface area contributed by atoms with Crippen molar-refractivity contribution in [2.45, 2.75) is 26.2 Å². The van der Waals surface area contributed by atoms with Crippen molar-refractivity contribution < 1.29 is 4.79 Å². The highest BCUT2D eigenvalue weighted by Gasteiger charge is 2.06. The third-order valence-corrected chi connectivity index (χ3v) is 3.93. The number of hydrogen-bond donors (Lipinski definition) is 2. The highest BCUT2D eigenvalue weighted by molar-refractivity contribution is 7.09. The Balaban J connectivity index is 1.51. The number of anilines is 1. The summed E-state index contributed by atoms with van der Waals surface area (Å²) in [5, 5.41) is 16.5. The van der Waals surface area contributed by atoms with E-state index in [1.165, 1.54) is 0 Å². The van der Waals surface area contributed by atoms with Crippen LogP contribution in [0.15, 0.2) is 23.6 Å². The minimum absolute atomic E-state index is 0.00444. The first-order valence-corrected chi connectivity index (χ1v) is 7.60. The molecule has 2 N–H and O–H groups in total. The molecule has 1 amide bonds. The number of benzene rings is 1. The van der Waals surface area contributed by atoms with Gasteiger partial charge in [0.15, 0.2) is 0 Å². The number of fused-ring (bicyclic) bond motifs is 1. The predicted molar refractivity (Wildman–Crippen MR) is 82.3 cm³/mol. The Labute approximate surface area is 125 Å². The summed E-state index contributed by atoms with van der Waals surface area (Å²) in [5.74, 6) is 0.00444. The molecular formula is C14H15N5OS. The summed E-state index contributed by atoms with van der Waals surface area (Å²) in [6.45, 7) is 1.99. The van der Waals surface area contributed by atoms with Crippen molar-refractivity contribution in [2.75, 3.05) is 5.32 Å². The SMILES string of the molecule is Cc1nc(CCCC(=O)Nc2ccc3n[nH]nc3c2)cs1. The molecule has 0 aliphatic rings. The van der Waals surface area contributed by atoms with Crippen LogP contribution in [0.25, 0.3) is 11.0 Å². The van der Waals surface area contributed by atoms with Crippen LogP contribution in [-0.2, 0) is 11.2 Å². The van der Waals surface area contributed by atoms with E-state index in [0.717, 1.165) is 40.3 Å². The fraction of sp³-hybridized carbons (Fsp3) is 0.286. The average molecular weight is 301 g/mol. The zero-order chi connectivity index (χ0) is 14.7. The quantitative estimate of drug-likeness (QED) is 0.759. The number of nitrogens with one attached hydrogen (secondary N) is 2. The lowest BCUT2D eigenvalue weighted by Crippen LogP contribution is -2.11. The molecule has 108 valence electrons. The third-order valence-electron chi connectivity index (χ3n) is 3.10. The molecule has 6 nitrogen and oxygen atoms in total. The van der Waals surface area contributed by atoms with Gasteiger partial charge in [0.2, 0.25) is 5.91 Å². The fourth-order valence-corrected chi connectivity index (χ4v) is 2.74.